The van der Waals surface area contributed by atoms with Crippen LogP contribution in [0.2, 0.25) is 0 Å². The van der Waals surface area contributed by atoms with Gasteiger partial charge in [-0.05, 0) is 85.8 Å². The number of rotatable bonds is 3. The van der Waals surface area contributed by atoms with E-state index in [2.05, 4.69) is 123 Å². The van der Waals surface area contributed by atoms with Crippen molar-refractivity contribution in [2.75, 3.05) is 19.0 Å². The molecule has 6 aromatic rings. The Morgan fingerprint density at radius 1 is 0.531 bits per heavy atom. The Bertz CT molecular complexity index is 1570. The van der Waals surface area contributed by atoms with Crippen molar-refractivity contribution in [2.24, 2.45) is 0 Å². The van der Waals surface area contributed by atoms with Crippen LogP contribution in [0.3, 0.4) is 0 Å². The average Bonchev–Trinajstić information content (AvgIpc) is 2.82. The third-order valence-corrected chi connectivity index (χ3v) is 6.68. The zero-order valence-electron chi connectivity index (χ0n) is 18.7. The zero-order valence-corrected chi connectivity index (χ0v) is 18.7. The van der Waals surface area contributed by atoms with Crippen LogP contribution >= 0.6 is 0 Å². The van der Waals surface area contributed by atoms with Gasteiger partial charge in [-0.15, -0.1) is 0 Å². The molecule has 32 heavy (non-hydrogen) atoms. The molecule has 0 unspecified atom stereocenters. The van der Waals surface area contributed by atoms with Crippen LogP contribution in [0.5, 0.6) is 0 Å². The minimum Gasteiger partial charge on any atom is -0.378 e. The van der Waals surface area contributed by atoms with Gasteiger partial charge in [0.2, 0.25) is 0 Å². The van der Waals surface area contributed by atoms with Crippen LogP contribution in [0.15, 0.2) is 97.1 Å². The lowest BCUT2D eigenvalue weighted by Crippen LogP contribution is -2.07. The summed E-state index contributed by atoms with van der Waals surface area (Å²) in [6.07, 6.45) is 0. The lowest BCUT2D eigenvalue weighted by Gasteiger charge is -2.18. The molecule has 0 saturated heterocycles. The highest BCUT2D eigenvalue weighted by Crippen LogP contribution is 2.44. The maximum Gasteiger partial charge on any atom is 0.0361 e. The molecule has 0 bridgehead atoms. The first-order chi connectivity index (χ1) is 15.6. The fraction of sp³-hybridized carbons (Fsp3) is 0.0968. The molecule has 0 aliphatic rings. The van der Waals surface area contributed by atoms with Gasteiger partial charge in [-0.1, -0.05) is 78.4 Å². The van der Waals surface area contributed by atoms with E-state index >= 15 is 0 Å². The van der Waals surface area contributed by atoms with E-state index in [4.69, 9.17) is 0 Å². The van der Waals surface area contributed by atoms with E-state index in [1.54, 1.807) is 0 Å². The Morgan fingerprint density at radius 2 is 1.03 bits per heavy atom. The minimum absolute atomic E-state index is 1.22. The van der Waals surface area contributed by atoms with Crippen molar-refractivity contribution in [1.29, 1.82) is 0 Å². The van der Waals surface area contributed by atoms with Crippen LogP contribution in [-0.2, 0) is 0 Å². The molecule has 0 atom stereocenters. The van der Waals surface area contributed by atoms with E-state index < -0.39 is 0 Å². The summed E-state index contributed by atoms with van der Waals surface area (Å²) in [5, 5.41) is 7.97. The van der Waals surface area contributed by atoms with Gasteiger partial charge in [0.25, 0.3) is 0 Å². The fourth-order valence-electron chi connectivity index (χ4n) is 5.00. The molecule has 1 nitrogen and oxygen atoms in total. The summed E-state index contributed by atoms with van der Waals surface area (Å²) in [7, 11) is 4.17. The van der Waals surface area contributed by atoms with Crippen molar-refractivity contribution in [1.82, 2.24) is 0 Å². The predicted molar refractivity (Wildman–Crippen MR) is 140 cm³/mol. The third-order valence-electron chi connectivity index (χ3n) is 6.68. The quantitative estimate of drug-likeness (QED) is 0.265. The van der Waals surface area contributed by atoms with Crippen molar-refractivity contribution in [2.45, 2.75) is 6.92 Å². The van der Waals surface area contributed by atoms with Gasteiger partial charge in [0.15, 0.2) is 0 Å². The number of aryl methyl sites for hydroxylation is 1. The van der Waals surface area contributed by atoms with Crippen LogP contribution in [0.4, 0.5) is 5.69 Å². The fourth-order valence-corrected chi connectivity index (χ4v) is 5.00. The molecule has 0 aromatic heterocycles. The lowest BCUT2D eigenvalue weighted by molar-refractivity contribution is 1.13. The molecular formula is C31H25N. The minimum atomic E-state index is 1.22. The van der Waals surface area contributed by atoms with E-state index in [0.717, 1.165) is 0 Å². The molecule has 0 fully saturated rings. The van der Waals surface area contributed by atoms with E-state index in [9.17, 15) is 0 Å². The molecule has 0 aliphatic carbocycles. The van der Waals surface area contributed by atoms with Crippen LogP contribution < -0.4 is 4.90 Å². The number of nitrogens with zero attached hydrogens (tertiary/aromatic N) is 1. The molecule has 0 radical (unpaired) electrons. The zero-order chi connectivity index (χ0) is 21.8. The molecule has 0 spiro atoms. The first-order valence-electron chi connectivity index (χ1n) is 11.2. The van der Waals surface area contributed by atoms with Crippen molar-refractivity contribution in [3.05, 3.63) is 103 Å². The summed E-state index contributed by atoms with van der Waals surface area (Å²) in [6, 6.07) is 36.0. The number of hydrogen-bond donors (Lipinski definition) is 0. The van der Waals surface area contributed by atoms with Gasteiger partial charge in [-0.2, -0.15) is 0 Å². The van der Waals surface area contributed by atoms with Crippen molar-refractivity contribution < 1.29 is 0 Å². The summed E-state index contributed by atoms with van der Waals surface area (Å²) in [6.45, 7) is 2.14. The Kier molecular flexibility index (Phi) is 4.19. The third kappa shape index (κ3) is 2.85. The highest BCUT2D eigenvalue weighted by atomic mass is 15.1. The van der Waals surface area contributed by atoms with Gasteiger partial charge >= 0.3 is 0 Å². The van der Waals surface area contributed by atoms with Crippen molar-refractivity contribution >= 4 is 38.0 Å². The second kappa shape index (κ2) is 7.10. The van der Waals surface area contributed by atoms with Crippen molar-refractivity contribution in [3.63, 3.8) is 0 Å². The van der Waals surface area contributed by atoms with E-state index in [1.165, 1.54) is 65.8 Å². The summed E-state index contributed by atoms with van der Waals surface area (Å²) in [5.74, 6) is 0. The highest BCUT2D eigenvalue weighted by molar-refractivity contribution is 6.29. The molecule has 0 heterocycles. The van der Waals surface area contributed by atoms with Crippen molar-refractivity contribution in [3.8, 4) is 22.3 Å². The molecule has 0 saturated carbocycles. The van der Waals surface area contributed by atoms with E-state index in [1.807, 2.05) is 0 Å². The molecule has 0 aliphatic heterocycles. The van der Waals surface area contributed by atoms with Gasteiger partial charge in [0.05, 0.1) is 0 Å². The van der Waals surface area contributed by atoms with E-state index in [0.29, 0.717) is 0 Å². The normalized spacial score (nSPS) is 11.6. The molecular weight excluding hydrogens is 386 g/mol. The molecule has 6 aromatic carbocycles. The molecule has 1 heteroatoms. The second-order valence-electron chi connectivity index (χ2n) is 8.96. The largest absolute Gasteiger partial charge is 0.378 e. The maximum absolute atomic E-state index is 2.36. The number of benzene rings is 6. The van der Waals surface area contributed by atoms with E-state index in [-0.39, 0.29) is 0 Å². The second-order valence-corrected chi connectivity index (χ2v) is 8.96. The van der Waals surface area contributed by atoms with Crippen LogP contribution in [-0.4, -0.2) is 14.1 Å². The monoisotopic (exact) mass is 411 g/mol. The Balaban J connectivity index is 1.71. The molecule has 0 N–H and O–H groups in total. The number of hydrogen-bond acceptors (Lipinski definition) is 1. The summed E-state index contributed by atoms with van der Waals surface area (Å²) >= 11 is 0. The predicted octanol–water partition coefficient (Wildman–Crippen LogP) is 8.29. The summed E-state index contributed by atoms with van der Waals surface area (Å²) < 4.78 is 0. The van der Waals surface area contributed by atoms with Gasteiger partial charge < -0.3 is 4.90 Å². The number of anilines is 1. The van der Waals surface area contributed by atoms with Gasteiger partial charge in [0, 0.05) is 19.8 Å². The first kappa shape index (κ1) is 18.9. The van der Waals surface area contributed by atoms with Gasteiger partial charge in [0.1, 0.15) is 0 Å². The molecule has 0 amide bonds. The topological polar surface area (TPSA) is 3.24 Å². The first-order valence-corrected chi connectivity index (χ1v) is 11.2. The highest BCUT2D eigenvalue weighted by Gasteiger charge is 2.16. The molecule has 154 valence electrons. The Morgan fingerprint density at radius 3 is 1.56 bits per heavy atom. The standard InChI is InChI=1S/C31H25N/c1-20-10-12-21(13-11-20)28-18-23-6-4-7-24-19-29(22-14-16-25(17-15-22)32(2)3)27-9-5-8-26(28)31(27)30(23)24/h4-19H,1-3H3. The summed E-state index contributed by atoms with van der Waals surface area (Å²) in [5.41, 5.74) is 7.62. The van der Waals surface area contributed by atoms with Crippen LogP contribution in [0.1, 0.15) is 5.56 Å². The van der Waals surface area contributed by atoms with Crippen LogP contribution in [0, 0.1) is 6.92 Å². The Hall–Kier alpha value is -3.84. The van der Waals surface area contributed by atoms with Gasteiger partial charge in [-0.3, -0.25) is 0 Å². The smallest absolute Gasteiger partial charge is 0.0361 e. The lowest BCUT2D eigenvalue weighted by atomic mass is 9.85. The van der Waals surface area contributed by atoms with Gasteiger partial charge in [-0.25, -0.2) is 0 Å². The maximum atomic E-state index is 2.36. The Labute approximate surface area is 188 Å². The SMILES string of the molecule is Cc1ccc(-c2cc3cccc4cc(-c5ccc(N(C)C)cc5)c5cccc2c5c34)cc1. The average molecular weight is 412 g/mol. The van der Waals surface area contributed by atoms with Crippen LogP contribution in [0.25, 0.3) is 54.6 Å². The summed E-state index contributed by atoms with van der Waals surface area (Å²) in [4.78, 5) is 2.14. The molecule has 6 rings (SSSR count).